The molecule has 0 saturated heterocycles. The Kier molecular flexibility index (Phi) is 20.7. The van der Waals surface area contributed by atoms with Crippen LogP contribution in [0.25, 0.3) is 0 Å². The first kappa shape index (κ1) is 38.3. The maximum absolute atomic E-state index is 12.8. The lowest BCUT2D eigenvalue weighted by Crippen LogP contribution is -2.43. The van der Waals surface area contributed by atoms with E-state index in [0.29, 0.717) is 44.1 Å². The van der Waals surface area contributed by atoms with Gasteiger partial charge in [-0.05, 0) is 49.5 Å². The van der Waals surface area contributed by atoms with Crippen LogP contribution < -0.4 is 5.32 Å². The molecule has 1 amide bonds. The number of carbonyl (C=O) groups is 2. The summed E-state index contributed by atoms with van der Waals surface area (Å²) in [5, 5.41) is 34.1. The van der Waals surface area contributed by atoms with Crippen LogP contribution in [0.5, 0.6) is 0 Å². The summed E-state index contributed by atoms with van der Waals surface area (Å²) in [6.45, 7) is 8.52. The number of allylic oxidation sites excluding steroid dienone is 3. The summed E-state index contributed by atoms with van der Waals surface area (Å²) in [6.07, 6.45) is 14.3. The number of β-amino-alcohol motifs (C(OH)–C–C–N with tert-alkyl or cyclic N) is 1. The van der Waals surface area contributed by atoms with Gasteiger partial charge in [0.1, 0.15) is 0 Å². The van der Waals surface area contributed by atoms with Gasteiger partial charge in [-0.1, -0.05) is 97.3 Å². The molecule has 244 valence electrons. The fraction of sp³-hybridized carbons (Fsp3) is 0.824. The third-order valence-corrected chi connectivity index (χ3v) is 8.20. The van der Waals surface area contributed by atoms with Crippen LogP contribution in [0.3, 0.4) is 0 Å². The minimum absolute atomic E-state index is 0.0880. The van der Waals surface area contributed by atoms with Gasteiger partial charge in [-0.15, -0.1) is 0 Å². The highest BCUT2D eigenvalue weighted by atomic mass is 16.5. The Morgan fingerprint density at radius 1 is 0.929 bits per heavy atom. The highest BCUT2D eigenvalue weighted by molar-refractivity contribution is 5.84. The first-order valence-electron chi connectivity index (χ1n) is 16.4. The van der Waals surface area contributed by atoms with Crippen molar-refractivity contribution in [2.45, 2.75) is 142 Å². The van der Waals surface area contributed by atoms with Crippen LogP contribution in [0, 0.1) is 17.8 Å². The second-order valence-corrected chi connectivity index (χ2v) is 12.6. The van der Waals surface area contributed by atoms with Gasteiger partial charge in [0.05, 0.1) is 30.8 Å². The molecular formula is C34H61NO7. The average Bonchev–Trinajstić information content (AvgIpc) is 2.94. The smallest absolute Gasteiger partial charge is 0.309 e. The Labute approximate surface area is 255 Å². The molecule has 0 aromatic rings. The lowest BCUT2D eigenvalue weighted by molar-refractivity contribution is -0.160. The molecule has 7 atom stereocenters. The Morgan fingerprint density at radius 2 is 1.60 bits per heavy atom. The molecule has 1 heterocycles. The SMILES string of the molecule is CCCC1OC(=O)[C@@H](C)C[C@H](C)CCCCCCCC[C@@H](C)/C=C/C=C(\COC)CC[C@@H](O)[C@@H](O)C[C@H](O)CNC1=O. The van der Waals surface area contributed by atoms with Gasteiger partial charge in [0.25, 0.3) is 5.91 Å². The number of aliphatic hydroxyl groups is 3. The van der Waals surface area contributed by atoms with Gasteiger partial charge < -0.3 is 30.1 Å². The standard InChI is InChI=1S/C34H61NO7/c1-6-14-32-33(39)35-23-29(36)22-31(38)30(37)20-19-28(24-41-5)18-13-17-25(2)15-11-9-7-8-10-12-16-26(3)21-27(4)34(40)42-32/h13,17-18,25-27,29-32,36-38H,6-12,14-16,19-24H2,1-5H3,(H,35,39)/b17-13+,28-18-/t25-,26-,27+,29+,30-,31+,32?/m1/s1. The Morgan fingerprint density at radius 3 is 2.26 bits per heavy atom. The highest BCUT2D eigenvalue weighted by Crippen LogP contribution is 2.22. The predicted molar refractivity (Wildman–Crippen MR) is 168 cm³/mol. The summed E-state index contributed by atoms with van der Waals surface area (Å²) < 4.78 is 10.9. The van der Waals surface area contributed by atoms with Crippen molar-refractivity contribution < 1.29 is 34.4 Å². The third-order valence-electron chi connectivity index (χ3n) is 8.20. The second kappa shape index (κ2) is 22.8. The first-order valence-corrected chi connectivity index (χ1v) is 16.4. The molecule has 1 aliphatic heterocycles. The highest BCUT2D eigenvalue weighted by Gasteiger charge is 2.27. The summed E-state index contributed by atoms with van der Waals surface area (Å²) in [4.78, 5) is 25.6. The van der Waals surface area contributed by atoms with Crippen LogP contribution in [-0.2, 0) is 19.1 Å². The number of rotatable bonds is 4. The number of amides is 1. The van der Waals surface area contributed by atoms with E-state index in [9.17, 15) is 24.9 Å². The average molecular weight is 596 g/mol. The molecule has 0 saturated carbocycles. The molecule has 0 spiro atoms. The summed E-state index contributed by atoms with van der Waals surface area (Å²) in [6, 6.07) is 0. The molecule has 0 aromatic heterocycles. The third kappa shape index (κ3) is 17.4. The molecule has 0 bridgehead atoms. The number of nitrogens with one attached hydrogen (secondary N) is 1. The number of esters is 1. The van der Waals surface area contributed by atoms with Gasteiger partial charge in [-0.25, -0.2) is 0 Å². The van der Waals surface area contributed by atoms with Gasteiger partial charge in [-0.3, -0.25) is 9.59 Å². The largest absolute Gasteiger partial charge is 0.452 e. The van der Waals surface area contributed by atoms with E-state index in [2.05, 4.69) is 31.3 Å². The minimum Gasteiger partial charge on any atom is -0.452 e. The number of methoxy groups -OCH3 is 1. The van der Waals surface area contributed by atoms with E-state index in [-0.39, 0.29) is 24.9 Å². The molecule has 0 aliphatic carbocycles. The van der Waals surface area contributed by atoms with E-state index in [1.165, 1.54) is 32.1 Å². The van der Waals surface area contributed by atoms with Crippen LogP contribution in [0.15, 0.2) is 23.8 Å². The molecule has 0 fully saturated rings. The molecule has 8 nitrogen and oxygen atoms in total. The second-order valence-electron chi connectivity index (χ2n) is 12.6. The molecule has 1 unspecified atom stereocenters. The van der Waals surface area contributed by atoms with Crippen molar-refractivity contribution in [2.24, 2.45) is 17.8 Å². The van der Waals surface area contributed by atoms with Crippen molar-refractivity contribution in [3.8, 4) is 0 Å². The zero-order chi connectivity index (χ0) is 31.3. The predicted octanol–water partition coefficient (Wildman–Crippen LogP) is 5.63. The maximum atomic E-state index is 12.8. The number of hydrogen-bond acceptors (Lipinski definition) is 7. The van der Waals surface area contributed by atoms with Gasteiger partial charge in [0, 0.05) is 20.1 Å². The zero-order valence-electron chi connectivity index (χ0n) is 27.1. The Balaban J connectivity index is 2.86. The van der Waals surface area contributed by atoms with Crippen molar-refractivity contribution in [1.29, 1.82) is 0 Å². The molecule has 1 rings (SSSR count). The van der Waals surface area contributed by atoms with Crippen molar-refractivity contribution in [2.75, 3.05) is 20.3 Å². The van der Waals surface area contributed by atoms with E-state index < -0.39 is 30.3 Å². The molecule has 0 aromatic carbocycles. The maximum Gasteiger partial charge on any atom is 0.309 e. The number of carbonyl (C=O) groups excluding carboxylic acids is 2. The molecule has 4 N–H and O–H groups in total. The van der Waals surface area contributed by atoms with E-state index >= 15 is 0 Å². The number of cyclic esters (lactones) is 1. The monoisotopic (exact) mass is 595 g/mol. The fourth-order valence-corrected chi connectivity index (χ4v) is 5.49. The van der Waals surface area contributed by atoms with E-state index in [4.69, 9.17) is 9.47 Å². The van der Waals surface area contributed by atoms with Gasteiger partial charge >= 0.3 is 5.97 Å². The molecule has 0 radical (unpaired) electrons. The molecule has 1 aliphatic rings. The van der Waals surface area contributed by atoms with Gasteiger partial charge in [0.2, 0.25) is 0 Å². The van der Waals surface area contributed by atoms with Gasteiger partial charge in [-0.2, -0.15) is 0 Å². The molecule has 42 heavy (non-hydrogen) atoms. The normalized spacial score (nSPS) is 33.7. The molecular weight excluding hydrogens is 534 g/mol. The van der Waals surface area contributed by atoms with Crippen molar-refractivity contribution in [3.63, 3.8) is 0 Å². The lowest BCUT2D eigenvalue weighted by atomic mass is 9.92. The first-order chi connectivity index (χ1) is 20.1. The van der Waals surface area contributed by atoms with E-state index in [1.54, 1.807) is 7.11 Å². The molecule has 8 heteroatoms. The number of hydrogen-bond donors (Lipinski definition) is 4. The zero-order valence-corrected chi connectivity index (χ0v) is 27.1. The summed E-state index contributed by atoms with van der Waals surface area (Å²) in [7, 11) is 1.63. The topological polar surface area (TPSA) is 125 Å². The minimum atomic E-state index is -1.14. The van der Waals surface area contributed by atoms with E-state index in [1.807, 2.05) is 19.9 Å². The van der Waals surface area contributed by atoms with Crippen molar-refractivity contribution >= 4 is 11.9 Å². The van der Waals surface area contributed by atoms with Crippen molar-refractivity contribution in [1.82, 2.24) is 5.32 Å². The summed E-state index contributed by atoms with van der Waals surface area (Å²) >= 11 is 0. The Hall–Kier alpha value is -1.74. The lowest BCUT2D eigenvalue weighted by Gasteiger charge is -2.23. The quantitative estimate of drug-likeness (QED) is 0.311. The summed E-state index contributed by atoms with van der Waals surface area (Å²) in [5.41, 5.74) is 1.02. The number of aliphatic hydroxyl groups excluding tert-OH is 3. The fourth-order valence-electron chi connectivity index (χ4n) is 5.49. The Bertz CT molecular complexity index is 799. The van der Waals surface area contributed by atoms with Crippen LogP contribution in [0.4, 0.5) is 0 Å². The van der Waals surface area contributed by atoms with E-state index in [0.717, 1.165) is 31.3 Å². The van der Waals surface area contributed by atoms with Gasteiger partial charge in [0.15, 0.2) is 6.10 Å². The van der Waals surface area contributed by atoms with Crippen molar-refractivity contribution in [3.05, 3.63) is 23.8 Å². The van der Waals surface area contributed by atoms with Crippen LogP contribution in [0.2, 0.25) is 0 Å². The summed E-state index contributed by atoms with van der Waals surface area (Å²) in [5.74, 6) is -0.228. The number of ether oxygens (including phenoxy) is 2. The van der Waals surface area contributed by atoms with Crippen LogP contribution in [-0.4, -0.2) is 71.9 Å². The van der Waals surface area contributed by atoms with Crippen LogP contribution in [0.1, 0.15) is 118 Å². The van der Waals surface area contributed by atoms with Crippen LogP contribution >= 0.6 is 0 Å².